The number of nitrogens with zero attached hydrogens (tertiary/aromatic N) is 5. The van der Waals surface area contributed by atoms with Crippen molar-refractivity contribution in [2.24, 2.45) is 10.6 Å². The number of carbonyl (C=O) groups is 6. The van der Waals surface area contributed by atoms with Crippen LogP contribution in [-0.2, 0) is 24.0 Å². The molecule has 0 saturated carbocycles. The second-order valence-corrected chi connectivity index (χ2v) is 16.2. The number of anilines is 1. The van der Waals surface area contributed by atoms with Gasteiger partial charge >= 0.3 is 11.9 Å². The number of thiazole rings is 1. The van der Waals surface area contributed by atoms with Gasteiger partial charge in [-0.05, 0) is 26.0 Å². The molecule has 1 aromatic carbocycles. The van der Waals surface area contributed by atoms with Crippen LogP contribution in [0.15, 0.2) is 33.9 Å². The average Bonchev–Trinajstić information content (AvgIpc) is 3.83. The maximum absolute atomic E-state index is 13.5. The van der Waals surface area contributed by atoms with Crippen LogP contribution in [0.1, 0.15) is 53.1 Å². The Bertz CT molecular complexity index is 1990. The molecule has 0 radical (unpaired) electrons. The molecule has 1 aromatic heterocycles. The Morgan fingerprint density at radius 2 is 1.75 bits per heavy atom. The average molecular weight is 757 g/mol. The van der Waals surface area contributed by atoms with Crippen molar-refractivity contribution in [1.29, 1.82) is 0 Å². The van der Waals surface area contributed by atoms with Crippen LogP contribution in [0.25, 0.3) is 0 Å². The van der Waals surface area contributed by atoms with Gasteiger partial charge in [0.15, 0.2) is 22.3 Å². The number of aromatic hydroxyl groups is 2. The van der Waals surface area contributed by atoms with Crippen molar-refractivity contribution in [1.82, 2.24) is 20.1 Å². The number of thioether (sulfide) groups is 1. The van der Waals surface area contributed by atoms with Gasteiger partial charge in [-0.3, -0.25) is 29.0 Å². The highest BCUT2D eigenvalue weighted by molar-refractivity contribution is 8.00. The van der Waals surface area contributed by atoms with Gasteiger partial charge in [0.05, 0.1) is 30.8 Å². The van der Waals surface area contributed by atoms with Gasteiger partial charge in [-0.2, -0.15) is 0 Å². The number of nitrogens with one attached hydrogen (secondary N) is 1. The lowest BCUT2D eigenvalue weighted by molar-refractivity contribution is -0.905. The van der Waals surface area contributed by atoms with Gasteiger partial charge in [-0.1, -0.05) is 5.16 Å². The number of β-lactam (4-membered cyclic amide) rings is 1. The van der Waals surface area contributed by atoms with Crippen LogP contribution in [0.2, 0.25) is 0 Å². The van der Waals surface area contributed by atoms with E-state index in [1.54, 1.807) is 0 Å². The quantitative estimate of drug-likeness (QED) is 0.0452. The summed E-state index contributed by atoms with van der Waals surface area (Å²) >= 11 is 2.30. The molecule has 274 valence electrons. The minimum Gasteiger partial charge on any atom is -0.504 e. The number of carboxylic acid groups (broad SMARTS) is 2. The summed E-state index contributed by atoms with van der Waals surface area (Å²) in [5, 5.41) is 46.6. The summed E-state index contributed by atoms with van der Waals surface area (Å²) in [5.41, 5.74) is 3.57. The molecular formula is C32H34N7O11S2+. The van der Waals surface area contributed by atoms with E-state index in [0.717, 1.165) is 28.4 Å². The van der Waals surface area contributed by atoms with Crippen molar-refractivity contribution in [2.45, 2.75) is 43.7 Å². The third-order valence-corrected chi connectivity index (χ3v) is 12.4. The number of piperidine rings is 1. The molecule has 7 rings (SSSR count). The van der Waals surface area contributed by atoms with Crippen LogP contribution in [0.3, 0.4) is 0 Å². The van der Waals surface area contributed by atoms with Crippen LogP contribution in [0, 0.1) is 5.41 Å². The minimum atomic E-state index is -1.80. The van der Waals surface area contributed by atoms with E-state index in [9.17, 15) is 49.2 Å². The molecule has 2 atom stereocenters. The molecular weight excluding hydrogens is 723 g/mol. The Balaban J connectivity index is 1.05. The lowest BCUT2D eigenvalue weighted by atomic mass is 9.84. The van der Waals surface area contributed by atoms with Crippen molar-refractivity contribution >= 4 is 69.5 Å². The number of fused-ring (bicyclic) bond motifs is 4. The zero-order valence-electron chi connectivity index (χ0n) is 27.8. The normalized spacial score (nSPS) is 26.7. The molecule has 18 nitrogen and oxygen atoms in total. The largest absolute Gasteiger partial charge is 0.504 e. The summed E-state index contributed by atoms with van der Waals surface area (Å²) in [7, 11) is 0. The molecule has 6 heterocycles. The van der Waals surface area contributed by atoms with E-state index in [1.807, 2.05) is 0 Å². The van der Waals surface area contributed by atoms with E-state index in [2.05, 4.69) is 15.5 Å². The summed E-state index contributed by atoms with van der Waals surface area (Å²) in [5.74, 6) is -5.99. The molecule has 4 amide bonds. The van der Waals surface area contributed by atoms with Gasteiger partial charge < -0.3 is 40.8 Å². The van der Waals surface area contributed by atoms with Gasteiger partial charge in [0.2, 0.25) is 5.60 Å². The van der Waals surface area contributed by atoms with Crippen LogP contribution < -0.4 is 11.1 Å². The summed E-state index contributed by atoms with van der Waals surface area (Å²) in [6.45, 7) is 4.88. The highest BCUT2D eigenvalue weighted by Gasteiger charge is 2.60. The molecule has 7 N–H and O–H groups in total. The van der Waals surface area contributed by atoms with Gasteiger partial charge in [-0.25, -0.2) is 14.6 Å². The van der Waals surface area contributed by atoms with Gasteiger partial charge in [0.1, 0.15) is 29.4 Å². The first-order valence-electron chi connectivity index (χ1n) is 16.1. The van der Waals surface area contributed by atoms with Crippen LogP contribution in [-0.4, -0.2) is 136 Å². The van der Waals surface area contributed by atoms with Crippen molar-refractivity contribution in [2.75, 3.05) is 44.2 Å². The predicted molar refractivity (Wildman–Crippen MR) is 182 cm³/mol. The number of phenols is 2. The Hall–Kier alpha value is -5.21. The molecule has 0 unspecified atom stereocenters. The summed E-state index contributed by atoms with van der Waals surface area (Å²) in [4.78, 5) is 89.0. The molecule has 5 aliphatic heterocycles. The Morgan fingerprint density at radius 1 is 1.12 bits per heavy atom. The summed E-state index contributed by atoms with van der Waals surface area (Å²) in [6.07, 6.45) is 1.36. The van der Waals surface area contributed by atoms with E-state index < -0.39 is 75.2 Å². The maximum atomic E-state index is 13.5. The van der Waals surface area contributed by atoms with Crippen molar-refractivity contribution in [3.63, 3.8) is 0 Å². The Morgan fingerprint density at radius 3 is 2.31 bits per heavy atom. The fourth-order valence-corrected chi connectivity index (χ4v) is 9.53. The molecule has 3 saturated heterocycles. The summed E-state index contributed by atoms with van der Waals surface area (Å²) in [6, 6.07) is 1.06. The number of rotatable bonds is 11. The van der Waals surface area contributed by atoms with E-state index in [0.29, 0.717) is 49.1 Å². The molecule has 0 aliphatic carbocycles. The second-order valence-electron chi connectivity index (χ2n) is 14.2. The first kappa shape index (κ1) is 35.2. The molecule has 2 aromatic rings. The number of aliphatic carboxylic acids is 2. The highest BCUT2D eigenvalue weighted by Crippen LogP contribution is 2.49. The van der Waals surface area contributed by atoms with Gasteiger partial charge in [0, 0.05) is 41.5 Å². The number of hydrogen-bond donors (Lipinski definition) is 6. The number of benzene rings is 1. The Labute approximate surface area is 303 Å². The number of nitrogens with two attached hydrogens (primary N) is 1. The number of phenolic OH excluding ortho intramolecular Hbond substituents is 2. The number of carbonyl (C=O) groups excluding carboxylic acids is 4. The first-order valence-corrected chi connectivity index (χ1v) is 18.1. The van der Waals surface area contributed by atoms with Crippen molar-refractivity contribution in [3.8, 4) is 11.5 Å². The zero-order chi connectivity index (χ0) is 37.5. The molecule has 52 heavy (non-hydrogen) atoms. The van der Waals surface area contributed by atoms with E-state index in [4.69, 9.17) is 10.6 Å². The number of aromatic nitrogens is 1. The van der Waals surface area contributed by atoms with Gasteiger partial charge in [0.25, 0.3) is 23.6 Å². The van der Waals surface area contributed by atoms with Crippen molar-refractivity contribution < 1.29 is 58.5 Å². The standard InChI is InChI=1S/C32H33N7O11S2/c1-31(2,29(48)49)50-36-20(17-11-52-30(33)34-17)23(42)35-21-26(45)38-22(28(46)47)14(10-51-27(21)38)9-39-5-3-32(13-39,4-6-39)12-37-24(43)15-7-18(40)19(41)8-16(15)25(37)44/h7-8,11,21,27H,3-6,9-10,12-13H2,1-2H3,(H6-,33,34,35,36,40,41,42,43,44,46,47,48,49)/p+1/t21-,27-,32?,39?/m1/s1. The molecule has 5 aliphatic rings. The number of hydrogen-bond acceptors (Lipinski definition) is 14. The minimum absolute atomic E-state index is 0.00246. The van der Waals surface area contributed by atoms with E-state index in [-0.39, 0.29) is 39.9 Å². The fourth-order valence-electron chi connectivity index (χ4n) is 7.65. The lowest BCUT2D eigenvalue weighted by Crippen LogP contribution is -2.71. The summed E-state index contributed by atoms with van der Waals surface area (Å²) < 4.78 is 0.521. The number of nitrogen functional groups attached to an aromatic ring is 1. The number of oxime groups is 1. The Kier molecular flexibility index (Phi) is 8.26. The van der Waals surface area contributed by atoms with E-state index >= 15 is 0 Å². The number of quaternary nitrogens is 1. The SMILES string of the molecule is CC(C)(O/N=C(\C(=O)N[C@@H]1C(=O)N2C(C(=O)O)=C(C[N+]34CCC(CN5C(=O)c6cc(O)c(O)cc6C5=O)(CC3)C4)CS[C@H]12)c1csc(N)n1)C(=O)O. The first-order chi connectivity index (χ1) is 24.4. The van der Waals surface area contributed by atoms with Crippen LogP contribution in [0.4, 0.5) is 5.13 Å². The molecule has 20 heteroatoms. The maximum Gasteiger partial charge on any atom is 0.352 e. The molecule has 3 fully saturated rings. The smallest absolute Gasteiger partial charge is 0.352 e. The third-order valence-electron chi connectivity index (χ3n) is 10.4. The zero-order valence-corrected chi connectivity index (χ0v) is 29.5. The van der Waals surface area contributed by atoms with Gasteiger partial charge in [-0.15, -0.1) is 23.1 Å². The highest BCUT2D eigenvalue weighted by atomic mass is 32.2. The number of carboxylic acids is 2. The monoisotopic (exact) mass is 756 g/mol. The number of imide groups is 1. The molecule has 0 spiro atoms. The topological polar surface area (TPSA) is 262 Å². The number of amides is 4. The fraction of sp³-hybridized carbons (Fsp3) is 0.438. The van der Waals surface area contributed by atoms with E-state index in [1.165, 1.54) is 35.9 Å². The lowest BCUT2D eigenvalue weighted by Gasteiger charge is -2.50. The van der Waals surface area contributed by atoms with Crippen LogP contribution in [0.5, 0.6) is 11.5 Å². The second kappa shape index (κ2) is 12.2. The molecule has 2 bridgehead atoms. The third kappa shape index (κ3) is 5.70. The van der Waals surface area contributed by atoms with Crippen LogP contribution >= 0.6 is 23.1 Å². The van der Waals surface area contributed by atoms with Crippen molar-refractivity contribution in [3.05, 3.63) is 45.6 Å². The predicted octanol–water partition coefficient (Wildman–Crippen LogP) is 0.366.